The van der Waals surface area contributed by atoms with Crippen molar-refractivity contribution in [1.29, 1.82) is 0 Å². The third-order valence-electron chi connectivity index (χ3n) is 9.13. The molecule has 0 rings (SSSR count). The number of phosphoric ester groups is 1. The third kappa shape index (κ3) is 37.2. The van der Waals surface area contributed by atoms with E-state index in [4.69, 9.17) is 18.5 Å². The van der Waals surface area contributed by atoms with Gasteiger partial charge in [0.25, 0.3) is 7.82 Å². The maximum Gasteiger partial charge on any atom is 0.306 e. The molecule has 0 unspecified atom stereocenters. The van der Waals surface area contributed by atoms with Gasteiger partial charge in [-0.1, -0.05) is 141 Å². The van der Waals surface area contributed by atoms with Crippen molar-refractivity contribution in [3.8, 4) is 0 Å². The van der Waals surface area contributed by atoms with Crippen molar-refractivity contribution in [2.24, 2.45) is 0 Å². The van der Waals surface area contributed by atoms with Crippen LogP contribution in [0.4, 0.5) is 0 Å². The van der Waals surface area contributed by atoms with Crippen LogP contribution < -0.4 is 4.89 Å². The van der Waals surface area contributed by atoms with E-state index in [1.165, 1.54) is 77.0 Å². The molecule has 0 bridgehead atoms. The van der Waals surface area contributed by atoms with Crippen molar-refractivity contribution in [1.82, 2.24) is 0 Å². The maximum atomic E-state index is 12.2. The topological polar surface area (TPSA) is 152 Å². The van der Waals surface area contributed by atoms with E-state index in [0.717, 1.165) is 77.0 Å². The summed E-state index contributed by atoms with van der Waals surface area (Å²) in [5, 5.41) is 19.1. The van der Waals surface area contributed by atoms with Crippen molar-refractivity contribution in [3.05, 3.63) is 24.3 Å². The van der Waals surface area contributed by atoms with Crippen LogP contribution in [0.15, 0.2) is 24.3 Å². The van der Waals surface area contributed by atoms with Gasteiger partial charge in [0.05, 0.1) is 26.4 Å². The van der Waals surface area contributed by atoms with Gasteiger partial charge in [0.15, 0.2) is 0 Å². The van der Waals surface area contributed by atoms with Crippen molar-refractivity contribution in [3.63, 3.8) is 0 Å². The number of aliphatic hydroxyl groups is 2. The first-order valence-electron chi connectivity index (χ1n) is 21.3. The van der Waals surface area contributed by atoms with Gasteiger partial charge in [-0.15, -0.1) is 0 Å². The predicted molar refractivity (Wildman–Crippen MR) is 212 cm³/mol. The molecule has 0 amide bonds. The van der Waals surface area contributed by atoms with Crippen LogP contribution in [0.2, 0.25) is 0 Å². The second-order valence-corrected chi connectivity index (χ2v) is 15.7. The van der Waals surface area contributed by atoms with Crippen LogP contribution >= 0.6 is 7.82 Å². The summed E-state index contributed by atoms with van der Waals surface area (Å²) < 4.78 is 32.1. The zero-order valence-corrected chi connectivity index (χ0v) is 34.6. The number of esters is 2. The molecule has 11 heteroatoms. The van der Waals surface area contributed by atoms with Crippen molar-refractivity contribution in [2.75, 3.05) is 26.4 Å². The van der Waals surface area contributed by atoms with Gasteiger partial charge >= 0.3 is 11.9 Å². The standard InChI is InChI=1S/C42H79O10P/c1-3-5-7-9-11-13-15-17-19-21-23-25-27-29-31-33-41(45)51-39(35-43)37-49-53(47,48)50-38-40(36-44)52-42(46)34-32-30-28-26-24-22-20-18-16-14-12-10-8-6-4-2/h17-20,39-40,43-44H,3-16,21-38H2,1-2H3,(H,47,48)/p-1/b19-17-,20-18-/t39-,40-/m1/s1. The zero-order chi connectivity index (χ0) is 39.1. The highest BCUT2D eigenvalue weighted by Crippen LogP contribution is 2.38. The van der Waals surface area contributed by atoms with Crippen LogP contribution in [0.1, 0.15) is 194 Å². The summed E-state index contributed by atoms with van der Waals surface area (Å²) in [6, 6.07) is 0. The minimum Gasteiger partial charge on any atom is -0.756 e. The molecule has 0 saturated carbocycles. The number of hydrogen-bond donors (Lipinski definition) is 2. The van der Waals surface area contributed by atoms with Gasteiger partial charge < -0.3 is 33.6 Å². The molecule has 53 heavy (non-hydrogen) atoms. The Morgan fingerprint density at radius 2 is 0.792 bits per heavy atom. The Morgan fingerprint density at radius 1 is 0.509 bits per heavy atom. The Morgan fingerprint density at radius 3 is 1.09 bits per heavy atom. The van der Waals surface area contributed by atoms with E-state index in [9.17, 15) is 29.3 Å². The highest BCUT2D eigenvalue weighted by atomic mass is 31.2. The lowest BCUT2D eigenvalue weighted by molar-refractivity contribution is -0.231. The molecule has 0 spiro atoms. The zero-order valence-electron chi connectivity index (χ0n) is 33.7. The van der Waals surface area contributed by atoms with Crippen molar-refractivity contribution in [2.45, 2.75) is 206 Å². The van der Waals surface area contributed by atoms with Crippen molar-refractivity contribution >= 4 is 19.8 Å². The maximum absolute atomic E-state index is 12.2. The molecular formula is C42H78O10P-. The number of rotatable bonds is 40. The van der Waals surface area contributed by atoms with Gasteiger partial charge in [0, 0.05) is 12.8 Å². The van der Waals surface area contributed by atoms with Gasteiger partial charge in [-0.05, 0) is 64.2 Å². The van der Waals surface area contributed by atoms with E-state index in [2.05, 4.69) is 38.2 Å². The Hall–Kier alpha value is -1.55. The monoisotopic (exact) mass is 774 g/mol. The largest absolute Gasteiger partial charge is 0.756 e. The van der Waals surface area contributed by atoms with Gasteiger partial charge in [-0.25, -0.2) is 0 Å². The number of carbonyl (C=O) groups is 2. The molecule has 0 aromatic carbocycles. The minimum absolute atomic E-state index is 0.167. The minimum atomic E-state index is -4.89. The summed E-state index contributed by atoms with van der Waals surface area (Å²) in [5.74, 6) is -1.07. The Labute approximate surface area is 323 Å². The molecule has 0 radical (unpaired) electrons. The smallest absolute Gasteiger partial charge is 0.306 e. The number of aliphatic hydroxyl groups excluding tert-OH is 2. The van der Waals surface area contributed by atoms with Crippen LogP contribution in [0.25, 0.3) is 0 Å². The summed E-state index contributed by atoms with van der Waals surface area (Å²) in [6.07, 6.45) is 36.9. The predicted octanol–water partition coefficient (Wildman–Crippen LogP) is 10.4. The first-order chi connectivity index (χ1) is 25.8. The number of hydrogen-bond acceptors (Lipinski definition) is 10. The molecule has 0 aliphatic heterocycles. The molecule has 0 aliphatic carbocycles. The molecule has 0 fully saturated rings. The molecular weight excluding hydrogens is 695 g/mol. The number of ether oxygens (including phenoxy) is 2. The highest BCUT2D eigenvalue weighted by molar-refractivity contribution is 7.45. The molecule has 10 nitrogen and oxygen atoms in total. The summed E-state index contributed by atoms with van der Waals surface area (Å²) in [7, 11) is -4.89. The van der Waals surface area contributed by atoms with Crippen LogP contribution in [0.5, 0.6) is 0 Å². The average molecular weight is 774 g/mol. The van der Waals surface area contributed by atoms with Crippen LogP contribution in [-0.2, 0) is 32.7 Å². The lowest BCUT2D eigenvalue weighted by Crippen LogP contribution is -2.30. The first-order valence-corrected chi connectivity index (χ1v) is 22.7. The number of phosphoric acid groups is 1. The van der Waals surface area contributed by atoms with Gasteiger partial charge in [-0.2, -0.15) is 0 Å². The highest BCUT2D eigenvalue weighted by Gasteiger charge is 2.21. The van der Waals surface area contributed by atoms with Gasteiger partial charge in [0.1, 0.15) is 12.2 Å². The summed E-state index contributed by atoms with van der Waals surface area (Å²) in [5.41, 5.74) is 0. The van der Waals surface area contributed by atoms with Gasteiger partial charge in [-0.3, -0.25) is 14.2 Å². The summed E-state index contributed by atoms with van der Waals surface area (Å²) >= 11 is 0. The molecule has 0 aliphatic rings. The summed E-state index contributed by atoms with van der Waals surface area (Å²) in [6.45, 7) is 2.00. The quantitative estimate of drug-likeness (QED) is 0.0266. The molecule has 0 heterocycles. The number of allylic oxidation sites excluding steroid dienone is 4. The molecule has 2 atom stereocenters. The fourth-order valence-electron chi connectivity index (χ4n) is 5.80. The fraction of sp³-hybridized carbons (Fsp3) is 0.857. The van der Waals surface area contributed by atoms with E-state index >= 15 is 0 Å². The molecule has 2 N–H and O–H groups in total. The molecule has 0 aromatic rings. The van der Waals surface area contributed by atoms with E-state index < -0.39 is 58.4 Å². The lowest BCUT2D eigenvalue weighted by Gasteiger charge is -2.26. The van der Waals surface area contributed by atoms with E-state index in [-0.39, 0.29) is 12.8 Å². The van der Waals surface area contributed by atoms with E-state index in [1.54, 1.807) is 0 Å². The summed E-state index contributed by atoms with van der Waals surface area (Å²) in [4.78, 5) is 36.6. The third-order valence-corrected chi connectivity index (χ3v) is 10.1. The fourth-order valence-corrected chi connectivity index (χ4v) is 6.58. The van der Waals surface area contributed by atoms with Crippen LogP contribution in [-0.4, -0.2) is 60.8 Å². The number of carbonyl (C=O) groups excluding carboxylic acids is 2. The average Bonchev–Trinajstić information content (AvgIpc) is 3.14. The second-order valence-electron chi connectivity index (χ2n) is 14.3. The van der Waals surface area contributed by atoms with E-state index in [0.29, 0.717) is 12.8 Å². The molecule has 0 saturated heterocycles. The normalized spacial score (nSPS) is 13.2. The lowest BCUT2D eigenvalue weighted by atomic mass is 10.1. The number of unbranched alkanes of at least 4 members (excludes halogenated alkanes) is 22. The van der Waals surface area contributed by atoms with Crippen LogP contribution in [0.3, 0.4) is 0 Å². The first kappa shape index (κ1) is 51.5. The Balaban J connectivity index is 3.95. The SMILES string of the molecule is CCCCCCCC/C=C\CCCCCCCC(=O)O[C@H](CO)COP(=O)([O-])OC[C@@H](CO)OC(=O)CCCCCCC/C=C\CCCCCCCC. The van der Waals surface area contributed by atoms with E-state index in [1.807, 2.05) is 0 Å². The molecule has 0 aromatic heterocycles. The molecule has 312 valence electrons. The van der Waals surface area contributed by atoms with Gasteiger partial charge in [0.2, 0.25) is 0 Å². The van der Waals surface area contributed by atoms with Crippen molar-refractivity contribution < 1.29 is 47.8 Å². The Bertz CT molecular complexity index is 871. The van der Waals surface area contributed by atoms with Crippen LogP contribution in [0, 0.1) is 0 Å². The Kier molecular flexibility index (Phi) is 37.6. The second kappa shape index (κ2) is 38.7.